The summed E-state index contributed by atoms with van der Waals surface area (Å²) >= 11 is 5.87. The molecule has 23 heavy (non-hydrogen) atoms. The molecule has 5 nitrogen and oxygen atoms in total. The number of piperidine rings is 1. The number of aryl methyl sites for hydroxylation is 1. The van der Waals surface area contributed by atoms with Gasteiger partial charge in [0, 0.05) is 23.2 Å². The lowest BCUT2D eigenvalue weighted by Crippen LogP contribution is -2.40. The predicted molar refractivity (Wildman–Crippen MR) is 93.0 cm³/mol. The zero-order valence-electron chi connectivity index (χ0n) is 13.4. The number of benzene rings is 1. The lowest BCUT2D eigenvalue weighted by Gasteiger charge is -2.30. The number of aromatic nitrogens is 2. The van der Waals surface area contributed by atoms with Crippen LogP contribution in [0.15, 0.2) is 24.3 Å². The molecule has 1 aliphatic heterocycles. The van der Waals surface area contributed by atoms with Crippen molar-refractivity contribution in [2.45, 2.75) is 25.8 Å². The van der Waals surface area contributed by atoms with Gasteiger partial charge in [-0.2, -0.15) is 0 Å². The molecule has 0 saturated carbocycles. The molecule has 6 heteroatoms. The number of phenols is 1. The van der Waals surface area contributed by atoms with Gasteiger partial charge in [-0.25, -0.2) is 0 Å². The number of likely N-dealkylation sites (tertiary alicyclic amines) is 1. The smallest absolute Gasteiger partial charge is 0.151 e. The number of aromatic hydroxyl groups is 1. The summed E-state index contributed by atoms with van der Waals surface area (Å²) in [6, 6.07) is 7.33. The van der Waals surface area contributed by atoms with E-state index < -0.39 is 0 Å². The Labute approximate surface area is 141 Å². The molecule has 2 aromatic rings. The van der Waals surface area contributed by atoms with Gasteiger partial charge in [-0.1, -0.05) is 11.6 Å². The van der Waals surface area contributed by atoms with Crippen LogP contribution < -0.4 is 5.32 Å². The van der Waals surface area contributed by atoms with Gasteiger partial charge in [0.15, 0.2) is 5.82 Å². The molecule has 1 atom stereocenters. The molecule has 2 N–H and O–H groups in total. The summed E-state index contributed by atoms with van der Waals surface area (Å²) in [5.74, 6) is 0.920. The fourth-order valence-electron chi connectivity index (χ4n) is 2.96. The van der Waals surface area contributed by atoms with Crippen LogP contribution in [0.3, 0.4) is 0 Å². The van der Waals surface area contributed by atoms with Crippen LogP contribution in [0, 0.1) is 6.92 Å². The van der Waals surface area contributed by atoms with Crippen molar-refractivity contribution in [3.63, 3.8) is 0 Å². The van der Waals surface area contributed by atoms with Crippen LogP contribution in [0.1, 0.15) is 18.4 Å². The predicted octanol–water partition coefficient (Wildman–Crippen LogP) is 3.32. The van der Waals surface area contributed by atoms with Crippen molar-refractivity contribution in [1.29, 1.82) is 0 Å². The van der Waals surface area contributed by atoms with Gasteiger partial charge in [-0.05, 0) is 63.2 Å². The minimum Gasteiger partial charge on any atom is -0.507 e. The van der Waals surface area contributed by atoms with Crippen LogP contribution in [0.2, 0.25) is 5.02 Å². The quantitative estimate of drug-likeness (QED) is 0.903. The van der Waals surface area contributed by atoms with Gasteiger partial charge >= 0.3 is 0 Å². The van der Waals surface area contributed by atoms with Crippen LogP contribution in [-0.4, -0.2) is 46.4 Å². The summed E-state index contributed by atoms with van der Waals surface area (Å²) in [6.45, 7) is 4.17. The van der Waals surface area contributed by atoms with Crippen molar-refractivity contribution in [3.8, 4) is 17.0 Å². The molecule has 0 unspecified atom stereocenters. The first-order valence-corrected chi connectivity index (χ1v) is 8.19. The minimum atomic E-state index is 0.112. The zero-order chi connectivity index (χ0) is 16.4. The standard InChI is InChI=1S/C17H21ClN4O/c1-11-8-15(14-6-5-12(18)9-16(14)23)20-21-17(11)19-13-4-3-7-22(2)10-13/h5-6,8-9,13,23H,3-4,7,10H2,1-2H3,(H,19,21)/t13-/m1/s1. The third-order valence-electron chi connectivity index (χ3n) is 4.19. The van der Waals surface area contributed by atoms with Crippen molar-refractivity contribution in [3.05, 3.63) is 34.9 Å². The van der Waals surface area contributed by atoms with Crippen molar-refractivity contribution in [2.75, 3.05) is 25.5 Å². The average molecular weight is 333 g/mol. The second-order valence-corrected chi connectivity index (χ2v) is 6.60. The van der Waals surface area contributed by atoms with E-state index >= 15 is 0 Å². The fourth-order valence-corrected chi connectivity index (χ4v) is 3.12. The Morgan fingerprint density at radius 3 is 2.83 bits per heavy atom. The molecule has 1 aromatic carbocycles. The van der Waals surface area contributed by atoms with Crippen LogP contribution in [0.5, 0.6) is 5.75 Å². The van der Waals surface area contributed by atoms with Gasteiger partial charge in [-0.15, -0.1) is 10.2 Å². The number of anilines is 1. The minimum absolute atomic E-state index is 0.112. The molecule has 0 radical (unpaired) electrons. The molecule has 1 fully saturated rings. The average Bonchev–Trinajstić information content (AvgIpc) is 2.49. The molecule has 122 valence electrons. The van der Waals surface area contributed by atoms with E-state index in [9.17, 15) is 5.11 Å². The third-order valence-corrected chi connectivity index (χ3v) is 4.42. The maximum Gasteiger partial charge on any atom is 0.151 e. The number of hydrogen-bond donors (Lipinski definition) is 2. The van der Waals surface area contributed by atoms with Crippen molar-refractivity contribution in [1.82, 2.24) is 15.1 Å². The molecule has 1 aliphatic rings. The lowest BCUT2D eigenvalue weighted by atomic mass is 10.1. The molecule has 2 heterocycles. The van der Waals surface area contributed by atoms with Crippen LogP contribution in [0.25, 0.3) is 11.3 Å². The summed E-state index contributed by atoms with van der Waals surface area (Å²) in [5, 5.41) is 22.6. The van der Waals surface area contributed by atoms with E-state index in [2.05, 4.69) is 27.5 Å². The Bertz CT molecular complexity index is 707. The highest BCUT2D eigenvalue weighted by Gasteiger charge is 2.18. The van der Waals surface area contributed by atoms with E-state index in [0.717, 1.165) is 30.9 Å². The zero-order valence-corrected chi connectivity index (χ0v) is 14.1. The first kappa shape index (κ1) is 16.0. The van der Waals surface area contributed by atoms with E-state index in [-0.39, 0.29) is 5.75 Å². The molecule has 0 amide bonds. The van der Waals surface area contributed by atoms with Crippen LogP contribution >= 0.6 is 11.6 Å². The Morgan fingerprint density at radius 2 is 2.13 bits per heavy atom. The number of rotatable bonds is 3. The van der Waals surface area contributed by atoms with Crippen molar-refractivity contribution in [2.24, 2.45) is 0 Å². The van der Waals surface area contributed by atoms with Crippen molar-refractivity contribution >= 4 is 17.4 Å². The fraction of sp³-hybridized carbons (Fsp3) is 0.412. The maximum atomic E-state index is 10.0. The first-order valence-electron chi connectivity index (χ1n) is 7.81. The summed E-state index contributed by atoms with van der Waals surface area (Å²) in [7, 11) is 2.14. The Morgan fingerprint density at radius 1 is 1.30 bits per heavy atom. The SMILES string of the molecule is Cc1cc(-c2ccc(Cl)cc2O)nnc1N[C@@H]1CCCN(C)C1. The van der Waals surface area contributed by atoms with Gasteiger partial charge in [0.25, 0.3) is 0 Å². The Balaban J connectivity index is 1.80. The number of phenolic OH excluding ortho intramolecular Hbond substituents is 1. The lowest BCUT2D eigenvalue weighted by molar-refractivity contribution is 0.260. The number of nitrogens with one attached hydrogen (secondary N) is 1. The molecular weight excluding hydrogens is 312 g/mol. The molecule has 3 rings (SSSR count). The topological polar surface area (TPSA) is 61.3 Å². The monoisotopic (exact) mass is 332 g/mol. The first-order chi connectivity index (χ1) is 11.0. The maximum absolute atomic E-state index is 10.0. The van der Waals surface area contributed by atoms with Crippen LogP contribution in [-0.2, 0) is 0 Å². The van der Waals surface area contributed by atoms with Gasteiger partial charge in [-0.3, -0.25) is 0 Å². The third kappa shape index (κ3) is 3.74. The molecule has 0 bridgehead atoms. The molecule has 1 saturated heterocycles. The molecule has 1 aromatic heterocycles. The highest BCUT2D eigenvalue weighted by Crippen LogP contribution is 2.31. The molecule has 0 spiro atoms. The van der Waals surface area contributed by atoms with E-state index in [1.165, 1.54) is 12.5 Å². The van der Waals surface area contributed by atoms with E-state index in [1.54, 1.807) is 12.1 Å². The second-order valence-electron chi connectivity index (χ2n) is 6.17. The Hall–Kier alpha value is -1.85. The normalized spacial score (nSPS) is 18.8. The Kier molecular flexibility index (Phi) is 4.68. The van der Waals surface area contributed by atoms with Gasteiger partial charge in [0.05, 0.1) is 5.69 Å². The highest BCUT2D eigenvalue weighted by atomic mass is 35.5. The highest BCUT2D eigenvalue weighted by molar-refractivity contribution is 6.30. The number of hydrogen-bond acceptors (Lipinski definition) is 5. The molecular formula is C17H21ClN4O. The van der Waals surface area contributed by atoms with Gasteiger partial charge in [0.1, 0.15) is 5.75 Å². The van der Waals surface area contributed by atoms with E-state index in [0.29, 0.717) is 22.3 Å². The van der Waals surface area contributed by atoms with Gasteiger partial charge in [0.2, 0.25) is 0 Å². The summed E-state index contributed by atoms with van der Waals surface area (Å²) in [4.78, 5) is 2.32. The second kappa shape index (κ2) is 6.72. The van der Waals surface area contributed by atoms with E-state index in [4.69, 9.17) is 11.6 Å². The largest absolute Gasteiger partial charge is 0.507 e. The number of likely N-dealkylation sites (N-methyl/N-ethyl adjacent to an activating group) is 1. The number of halogens is 1. The van der Waals surface area contributed by atoms with E-state index in [1.807, 2.05) is 13.0 Å². The number of nitrogens with zero attached hydrogens (tertiary/aromatic N) is 3. The van der Waals surface area contributed by atoms with Crippen LogP contribution in [0.4, 0.5) is 5.82 Å². The van der Waals surface area contributed by atoms with Crippen molar-refractivity contribution < 1.29 is 5.11 Å². The van der Waals surface area contributed by atoms with Gasteiger partial charge < -0.3 is 15.3 Å². The summed E-state index contributed by atoms with van der Waals surface area (Å²) in [5.41, 5.74) is 2.29. The summed E-state index contributed by atoms with van der Waals surface area (Å²) in [6.07, 6.45) is 2.34. The summed E-state index contributed by atoms with van der Waals surface area (Å²) < 4.78 is 0. The molecule has 0 aliphatic carbocycles.